The van der Waals surface area contributed by atoms with Gasteiger partial charge in [0, 0.05) is 11.6 Å². The Bertz CT molecular complexity index is 1400. The molecule has 0 saturated heterocycles. The summed E-state index contributed by atoms with van der Waals surface area (Å²) >= 11 is 6.26. The van der Waals surface area contributed by atoms with Crippen LogP contribution in [0.2, 0.25) is 5.02 Å². The Morgan fingerprint density at radius 2 is 1.68 bits per heavy atom. The molecule has 0 atom stereocenters. The van der Waals surface area contributed by atoms with Crippen LogP contribution in [0.15, 0.2) is 71.6 Å². The molecule has 0 radical (unpaired) electrons. The molecule has 0 fully saturated rings. The molecule has 37 heavy (non-hydrogen) atoms. The van der Waals surface area contributed by atoms with Crippen LogP contribution in [0.3, 0.4) is 0 Å². The van der Waals surface area contributed by atoms with E-state index in [1.54, 1.807) is 61.5 Å². The Labute approximate surface area is 221 Å². The lowest BCUT2D eigenvalue weighted by atomic mass is 10.1. The first-order valence-corrected chi connectivity index (χ1v) is 13.3. The number of aliphatic carboxylic acids is 1. The number of halogens is 1. The van der Waals surface area contributed by atoms with Crippen LogP contribution in [-0.2, 0) is 26.2 Å². The first kappa shape index (κ1) is 28.0. The van der Waals surface area contributed by atoms with E-state index in [2.05, 4.69) is 5.32 Å². The average molecular weight is 545 g/mol. The summed E-state index contributed by atoms with van der Waals surface area (Å²) in [7, 11) is -4.09. The minimum atomic E-state index is -4.09. The number of nitrogens with zero attached hydrogens (tertiary/aromatic N) is 1. The monoisotopic (exact) mass is 544 g/mol. The lowest BCUT2D eigenvalue weighted by Gasteiger charge is -2.26. The van der Waals surface area contributed by atoms with Gasteiger partial charge in [-0.2, -0.15) is 0 Å². The Balaban J connectivity index is 1.83. The maximum Gasteiger partial charge on any atom is 0.347 e. The first-order valence-electron chi connectivity index (χ1n) is 11.4. The predicted octanol–water partition coefficient (Wildman–Crippen LogP) is 4.71. The van der Waals surface area contributed by atoms with Crippen molar-refractivity contribution in [3.63, 3.8) is 0 Å². The summed E-state index contributed by atoms with van der Waals surface area (Å²) < 4.78 is 33.8. The van der Waals surface area contributed by atoms with Crippen molar-refractivity contribution < 1.29 is 27.9 Å². The Kier molecular flexibility index (Phi) is 8.50. The van der Waals surface area contributed by atoms with Crippen molar-refractivity contribution in [2.45, 2.75) is 44.7 Å². The van der Waals surface area contributed by atoms with Crippen LogP contribution in [0, 0.1) is 13.8 Å². The normalized spacial score (nSPS) is 11.6. The van der Waals surface area contributed by atoms with Gasteiger partial charge in [-0.3, -0.25) is 9.10 Å². The van der Waals surface area contributed by atoms with E-state index in [0.29, 0.717) is 27.6 Å². The van der Waals surface area contributed by atoms with Crippen molar-refractivity contribution in [2.75, 3.05) is 10.8 Å². The largest absolute Gasteiger partial charge is 0.478 e. The number of nitrogens with one attached hydrogen (secondary N) is 1. The van der Waals surface area contributed by atoms with Gasteiger partial charge in [0.05, 0.1) is 10.6 Å². The highest BCUT2D eigenvalue weighted by atomic mass is 35.5. The van der Waals surface area contributed by atoms with Crippen molar-refractivity contribution in [1.82, 2.24) is 5.32 Å². The summed E-state index contributed by atoms with van der Waals surface area (Å²) in [4.78, 5) is 24.4. The van der Waals surface area contributed by atoms with Crippen LogP contribution < -0.4 is 14.4 Å². The van der Waals surface area contributed by atoms with Gasteiger partial charge in [-0.25, -0.2) is 13.2 Å². The molecule has 0 aliphatic rings. The molecular formula is C27H29ClN2O6S. The van der Waals surface area contributed by atoms with Gasteiger partial charge in [0.2, 0.25) is 5.91 Å². The molecule has 0 bridgehead atoms. The summed E-state index contributed by atoms with van der Waals surface area (Å²) in [6.07, 6.45) is 0. The van der Waals surface area contributed by atoms with Crippen molar-refractivity contribution in [3.8, 4) is 5.75 Å². The number of carboxylic acids is 1. The number of ether oxygens (including phenoxy) is 1. The number of carboxylic acid groups (broad SMARTS) is 1. The summed E-state index contributed by atoms with van der Waals surface area (Å²) in [5.41, 5.74) is 0.953. The van der Waals surface area contributed by atoms with E-state index >= 15 is 0 Å². The second-order valence-corrected chi connectivity index (χ2v) is 11.3. The highest BCUT2D eigenvalue weighted by Crippen LogP contribution is 2.31. The van der Waals surface area contributed by atoms with Crippen LogP contribution in [0.4, 0.5) is 5.69 Å². The molecule has 1 amide bonds. The van der Waals surface area contributed by atoms with E-state index in [0.717, 1.165) is 9.87 Å². The SMILES string of the molecule is Cc1ccc(S(=O)(=O)N(CC(=O)NCc2cccc(OC(C)(C)C(=O)O)c2)c2cccc(Cl)c2C)cc1. The third kappa shape index (κ3) is 6.81. The number of benzene rings is 3. The average Bonchev–Trinajstić information content (AvgIpc) is 2.83. The molecule has 8 nitrogen and oxygen atoms in total. The standard InChI is InChI=1S/C27H29ClN2O6S/c1-18-11-13-22(14-12-18)37(34,35)30(24-10-6-9-23(28)19(24)2)17-25(31)29-16-20-7-5-8-21(15-20)36-27(3,4)26(32)33/h5-15H,16-17H2,1-4H3,(H,29,31)(H,32,33). The van der Waals surface area contributed by atoms with Crippen molar-refractivity contribution in [3.05, 3.63) is 88.4 Å². The maximum absolute atomic E-state index is 13.6. The molecule has 0 aliphatic carbocycles. The molecule has 0 aliphatic heterocycles. The Morgan fingerprint density at radius 1 is 1.03 bits per heavy atom. The molecule has 0 spiro atoms. The van der Waals surface area contributed by atoms with Gasteiger partial charge >= 0.3 is 5.97 Å². The second kappa shape index (κ2) is 11.2. The fourth-order valence-corrected chi connectivity index (χ4v) is 5.10. The molecule has 2 N–H and O–H groups in total. The van der Waals surface area contributed by atoms with Crippen LogP contribution in [0.25, 0.3) is 0 Å². The van der Waals surface area contributed by atoms with E-state index in [1.165, 1.54) is 26.0 Å². The molecule has 3 rings (SSSR count). The van der Waals surface area contributed by atoms with Crippen molar-refractivity contribution in [1.29, 1.82) is 0 Å². The van der Waals surface area contributed by atoms with Crippen molar-refractivity contribution >= 4 is 39.2 Å². The van der Waals surface area contributed by atoms with Gasteiger partial charge in [-0.1, -0.05) is 47.5 Å². The first-order chi connectivity index (χ1) is 17.3. The van der Waals surface area contributed by atoms with Crippen LogP contribution in [0.5, 0.6) is 5.75 Å². The van der Waals surface area contributed by atoms with Gasteiger partial charge in [0.15, 0.2) is 5.60 Å². The van der Waals surface area contributed by atoms with Crippen molar-refractivity contribution in [2.24, 2.45) is 0 Å². The lowest BCUT2D eigenvalue weighted by molar-refractivity contribution is -0.152. The second-order valence-electron chi connectivity index (χ2n) is 9.05. The third-order valence-electron chi connectivity index (χ3n) is 5.68. The fourth-order valence-electron chi connectivity index (χ4n) is 3.45. The minimum absolute atomic E-state index is 0.0520. The lowest BCUT2D eigenvalue weighted by Crippen LogP contribution is -2.41. The van der Waals surface area contributed by atoms with Crippen LogP contribution in [-0.4, -0.2) is 37.5 Å². The van der Waals surface area contributed by atoms with Gasteiger partial charge in [-0.05, 0) is 75.2 Å². The summed E-state index contributed by atoms with van der Waals surface area (Å²) in [5.74, 6) is -1.32. The van der Waals surface area contributed by atoms with Gasteiger partial charge in [-0.15, -0.1) is 0 Å². The Morgan fingerprint density at radius 3 is 2.32 bits per heavy atom. The molecule has 0 aromatic heterocycles. The quantitative estimate of drug-likeness (QED) is 0.382. The number of carbonyl (C=O) groups is 2. The third-order valence-corrected chi connectivity index (χ3v) is 7.86. The Hall–Kier alpha value is -3.56. The predicted molar refractivity (Wildman–Crippen MR) is 143 cm³/mol. The van der Waals surface area contributed by atoms with E-state index in [4.69, 9.17) is 16.3 Å². The number of rotatable bonds is 10. The van der Waals surface area contributed by atoms with E-state index < -0.39 is 34.0 Å². The summed E-state index contributed by atoms with van der Waals surface area (Å²) in [5, 5.41) is 12.4. The highest BCUT2D eigenvalue weighted by Gasteiger charge is 2.30. The molecule has 0 unspecified atom stereocenters. The molecule has 3 aromatic carbocycles. The minimum Gasteiger partial charge on any atom is -0.478 e. The number of carbonyl (C=O) groups excluding carboxylic acids is 1. The summed E-state index contributed by atoms with van der Waals surface area (Å²) in [6, 6.07) is 17.9. The van der Waals surface area contributed by atoms with Gasteiger partial charge < -0.3 is 15.2 Å². The zero-order chi connectivity index (χ0) is 27.4. The van der Waals surface area contributed by atoms with E-state index in [1.807, 2.05) is 6.92 Å². The fraction of sp³-hybridized carbons (Fsp3) is 0.259. The topological polar surface area (TPSA) is 113 Å². The molecule has 3 aromatic rings. The van der Waals surface area contributed by atoms with Gasteiger partial charge in [0.25, 0.3) is 10.0 Å². The molecule has 0 saturated carbocycles. The van der Waals surface area contributed by atoms with Crippen LogP contribution in [0.1, 0.15) is 30.5 Å². The number of hydrogen-bond donors (Lipinski definition) is 2. The number of aryl methyl sites for hydroxylation is 1. The molecule has 196 valence electrons. The number of sulfonamides is 1. The highest BCUT2D eigenvalue weighted by molar-refractivity contribution is 7.92. The van der Waals surface area contributed by atoms with Crippen LogP contribution >= 0.6 is 11.6 Å². The van der Waals surface area contributed by atoms with E-state index in [9.17, 15) is 23.1 Å². The maximum atomic E-state index is 13.6. The zero-order valence-electron chi connectivity index (χ0n) is 21.0. The molecular weight excluding hydrogens is 516 g/mol. The van der Waals surface area contributed by atoms with Gasteiger partial charge in [0.1, 0.15) is 12.3 Å². The number of anilines is 1. The number of amides is 1. The zero-order valence-corrected chi connectivity index (χ0v) is 22.6. The molecule has 10 heteroatoms. The molecule has 0 heterocycles. The number of hydrogen-bond acceptors (Lipinski definition) is 5. The summed E-state index contributed by atoms with van der Waals surface area (Å²) in [6.45, 7) is 6.02. The van der Waals surface area contributed by atoms with E-state index in [-0.39, 0.29) is 11.4 Å². The smallest absolute Gasteiger partial charge is 0.347 e.